The molecule has 14 heavy (non-hydrogen) atoms. The molecule has 4 heteroatoms. The van der Waals surface area contributed by atoms with Crippen LogP contribution in [-0.4, -0.2) is 6.61 Å². The molecule has 0 saturated carbocycles. The van der Waals surface area contributed by atoms with Crippen LogP contribution in [0.1, 0.15) is 6.92 Å². The van der Waals surface area contributed by atoms with Gasteiger partial charge in [0.1, 0.15) is 5.82 Å². The fourth-order valence-electron chi connectivity index (χ4n) is 1.33. The van der Waals surface area contributed by atoms with Gasteiger partial charge in [-0.3, -0.25) is 0 Å². The number of hydrogen-bond donors (Lipinski definition) is 1. The highest BCUT2D eigenvalue weighted by Crippen LogP contribution is 2.35. The van der Waals surface area contributed by atoms with Gasteiger partial charge in [0.25, 0.3) is 0 Å². The van der Waals surface area contributed by atoms with Crippen molar-refractivity contribution in [3.8, 4) is 5.06 Å². The topological polar surface area (TPSA) is 35.2 Å². The Morgan fingerprint density at radius 1 is 1.43 bits per heavy atom. The summed E-state index contributed by atoms with van der Waals surface area (Å²) in [7, 11) is 0. The Hall–Kier alpha value is -1.29. The molecule has 1 aromatic heterocycles. The highest BCUT2D eigenvalue weighted by Gasteiger charge is 2.06. The van der Waals surface area contributed by atoms with Gasteiger partial charge >= 0.3 is 0 Å². The van der Waals surface area contributed by atoms with Gasteiger partial charge in [-0.1, -0.05) is 11.3 Å². The molecule has 0 amide bonds. The van der Waals surface area contributed by atoms with Gasteiger partial charge in [-0.25, -0.2) is 4.39 Å². The van der Waals surface area contributed by atoms with E-state index in [1.807, 2.05) is 13.0 Å². The van der Waals surface area contributed by atoms with Gasteiger partial charge in [0, 0.05) is 5.39 Å². The highest BCUT2D eigenvalue weighted by atomic mass is 32.1. The van der Waals surface area contributed by atoms with Crippen LogP contribution >= 0.6 is 11.3 Å². The van der Waals surface area contributed by atoms with E-state index in [4.69, 9.17) is 10.5 Å². The molecule has 1 heterocycles. The van der Waals surface area contributed by atoms with E-state index < -0.39 is 0 Å². The quantitative estimate of drug-likeness (QED) is 0.775. The van der Waals surface area contributed by atoms with Crippen molar-refractivity contribution < 1.29 is 9.13 Å². The number of nitrogens with two attached hydrogens (primary N) is 1. The molecule has 0 bridgehead atoms. The van der Waals surface area contributed by atoms with Crippen molar-refractivity contribution in [2.75, 3.05) is 12.3 Å². The number of nitrogen functional groups attached to an aromatic ring is 1. The van der Waals surface area contributed by atoms with Crippen molar-refractivity contribution in [2.45, 2.75) is 6.92 Å². The molecule has 0 radical (unpaired) electrons. The normalized spacial score (nSPS) is 10.7. The number of halogens is 1. The standard InChI is InChI=1S/C10H10FNOS/c1-2-13-9-4-6-3-7(11)5-8(12)10(6)14-9/h3-5H,2,12H2,1H3. The lowest BCUT2D eigenvalue weighted by atomic mass is 10.2. The maximum Gasteiger partial charge on any atom is 0.174 e. The van der Waals surface area contributed by atoms with Crippen LogP contribution in [0.2, 0.25) is 0 Å². The predicted molar refractivity (Wildman–Crippen MR) is 57.4 cm³/mol. The van der Waals surface area contributed by atoms with E-state index in [1.54, 1.807) is 0 Å². The Morgan fingerprint density at radius 3 is 2.93 bits per heavy atom. The molecular weight excluding hydrogens is 201 g/mol. The van der Waals surface area contributed by atoms with Crippen LogP contribution in [0, 0.1) is 5.82 Å². The van der Waals surface area contributed by atoms with Crippen molar-refractivity contribution in [3.05, 3.63) is 24.0 Å². The molecule has 1 aromatic carbocycles. The molecule has 2 nitrogen and oxygen atoms in total. The number of benzene rings is 1. The van der Waals surface area contributed by atoms with Crippen LogP contribution < -0.4 is 10.5 Å². The maximum atomic E-state index is 13.0. The fourth-order valence-corrected chi connectivity index (χ4v) is 2.31. The minimum Gasteiger partial charge on any atom is -0.484 e. The van der Waals surface area contributed by atoms with Crippen LogP contribution in [-0.2, 0) is 0 Å². The average Bonchev–Trinajstić information content (AvgIpc) is 2.48. The van der Waals surface area contributed by atoms with Crippen molar-refractivity contribution in [3.63, 3.8) is 0 Å². The van der Waals surface area contributed by atoms with E-state index in [9.17, 15) is 4.39 Å². The van der Waals surface area contributed by atoms with Crippen molar-refractivity contribution in [2.24, 2.45) is 0 Å². The summed E-state index contributed by atoms with van der Waals surface area (Å²) < 4.78 is 19.2. The number of thiophene rings is 1. The third-order valence-electron chi connectivity index (χ3n) is 1.87. The Bertz CT molecular complexity index is 466. The maximum absolute atomic E-state index is 13.0. The summed E-state index contributed by atoms with van der Waals surface area (Å²) in [5.74, 6) is -0.309. The van der Waals surface area contributed by atoms with Gasteiger partial charge in [0.15, 0.2) is 5.06 Å². The van der Waals surface area contributed by atoms with Crippen molar-refractivity contribution >= 4 is 27.1 Å². The summed E-state index contributed by atoms with van der Waals surface area (Å²) in [5.41, 5.74) is 6.15. The molecule has 2 N–H and O–H groups in total. The molecule has 0 aliphatic rings. The highest BCUT2D eigenvalue weighted by molar-refractivity contribution is 7.21. The summed E-state index contributed by atoms with van der Waals surface area (Å²) in [4.78, 5) is 0. The van der Waals surface area contributed by atoms with Crippen LogP contribution in [0.3, 0.4) is 0 Å². The number of ether oxygens (including phenoxy) is 1. The van der Waals surface area contributed by atoms with Gasteiger partial charge in [0.05, 0.1) is 17.0 Å². The first-order valence-corrected chi connectivity index (χ1v) is 5.13. The second kappa shape index (κ2) is 3.46. The largest absolute Gasteiger partial charge is 0.484 e. The zero-order valence-electron chi connectivity index (χ0n) is 7.71. The summed E-state index contributed by atoms with van der Waals surface area (Å²) in [6, 6.07) is 4.60. The molecule has 74 valence electrons. The van der Waals surface area contributed by atoms with E-state index in [-0.39, 0.29) is 5.82 Å². The molecule has 0 fully saturated rings. The second-order valence-corrected chi connectivity index (χ2v) is 3.93. The van der Waals surface area contributed by atoms with Gasteiger partial charge in [-0.2, -0.15) is 0 Å². The van der Waals surface area contributed by atoms with E-state index in [1.165, 1.54) is 23.5 Å². The SMILES string of the molecule is CCOc1cc2cc(F)cc(N)c2s1. The predicted octanol–water partition coefficient (Wildman–Crippen LogP) is 3.02. The zero-order valence-corrected chi connectivity index (χ0v) is 8.53. The molecule has 2 rings (SSSR count). The first-order valence-electron chi connectivity index (χ1n) is 4.32. The molecule has 0 saturated heterocycles. The Balaban J connectivity index is 2.58. The van der Waals surface area contributed by atoms with E-state index in [0.717, 1.165) is 15.1 Å². The second-order valence-electron chi connectivity index (χ2n) is 2.91. The van der Waals surface area contributed by atoms with Gasteiger partial charge in [0.2, 0.25) is 0 Å². The minimum atomic E-state index is -0.309. The number of fused-ring (bicyclic) bond motifs is 1. The number of hydrogen-bond acceptors (Lipinski definition) is 3. The zero-order chi connectivity index (χ0) is 10.1. The Labute approximate surface area is 85.1 Å². The molecular formula is C10H10FNOS. The van der Waals surface area contributed by atoms with Crippen molar-refractivity contribution in [1.82, 2.24) is 0 Å². The molecule has 0 atom stereocenters. The van der Waals surface area contributed by atoms with Gasteiger partial charge in [-0.05, 0) is 25.1 Å². The number of anilines is 1. The summed E-state index contributed by atoms with van der Waals surface area (Å²) in [5, 5.41) is 1.58. The molecule has 2 aromatic rings. The monoisotopic (exact) mass is 211 g/mol. The summed E-state index contributed by atoms with van der Waals surface area (Å²) in [6.07, 6.45) is 0. The lowest BCUT2D eigenvalue weighted by Gasteiger charge is -1.95. The lowest BCUT2D eigenvalue weighted by Crippen LogP contribution is -1.86. The minimum absolute atomic E-state index is 0.309. The van der Waals surface area contributed by atoms with E-state index in [2.05, 4.69) is 0 Å². The average molecular weight is 211 g/mol. The third-order valence-corrected chi connectivity index (χ3v) is 2.99. The molecule has 0 unspecified atom stereocenters. The first kappa shape index (κ1) is 9.27. The molecule has 0 aliphatic heterocycles. The van der Waals surface area contributed by atoms with Gasteiger partial charge < -0.3 is 10.5 Å². The van der Waals surface area contributed by atoms with E-state index >= 15 is 0 Å². The summed E-state index contributed by atoms with van der Waals surface area (Å²) >= 11 is 1.44. The van der Waals surface area contributed by atoms with Crippen LogP contribution in [0.15, 0.2) is 18.2 Å². The molecule has 0 spiro atoms. The molecule has 0 aliphatic carbocycles. The van der Waals surface area contributed by atoms with Gasteiger partial charge in [-0.15, -0.1) is 0 Å². The van der Waals surface area contributed by atoms with E-state index in [0.29, 0.717) is 12.3 Å². The van der Waals surface area contributed by atoms with Crippen LogP contribution in [0.4, 0.5) is 10.1 Å². The van der Waals surface area contributed by atoms with Crippen LogP contribution in [0.25, 0.3) is 10.1 Å². The first-order chi connectivity index (χ1) is 6.70. The Kier molecular flexibility index (Phi) is 2.29. The van der Waals surface area contributed by atoms with Crippen LogP contribution in [0.5, 0.6) is 5.06 Å². The number of rotatable bonds is 2. The lowest BCUT2D eigenvalue weighted by molar-refractivity contribution is 0.350. The third kappa shape index (κ3) is 1.53. The smallest absolute Gasteiger partial charge is 0.174 e. The Morgan fingerprint density at radius 2 is 2.21 bits per heavy atom. The fraction of sp³-hybridized carbons (Fsp3) is 0.200. The summed E-state index contributed by atoms with van der Waals surface area (Å²) in [6.45, 7) is 2.52. The van der Waals surface area contributed by atoms with Crippen molar-refractivity contribution in [1.29, 1.82) is 0 Å².